The summed E-state index contributed by atoms with van der Waals surface area (Å²) in [6, 6.07) is 6.74. The number of likely N-dealkylation sites (tertiary alicyclic amines) is 1. The molecule has 202 valence electrons. The molecule has 4 aliphatic rings. The first-order chi connectivity index (χ1) is 17.6. The van der Waals surface area contributed by atoms with Crippen molar-refractivity contribution in [2.45, 2.75) is 76.8 Å². The van der Waals surface area contributed by atoms with E-state index in [2.05, 4.69) is 15.1 Å². The summed E-state index contributed by atoms with van der Waals surface area (Å²) in [4.78, 5) is 45.5. The minimum atomic E-state index is -0.908. The van der Waals surface area contributed by atoms with Crippen LogP contribution in [0.2, 0.25) is 0 Å². The number of aliphatic hydroxyl groups is 1. The first-order valence-corrected chi connectivity index (χ1v) is 13.6. The van der Waals surface area contributed by atoms with Gasteiger partial charge in [0.05, 0.1) is 6.54 Å². The standard InChI is InChI=1S/C28H40N4O5/c1-28(2,3)15-21(27(36)32-16-22(33)25-24(32)23(34)17-37-25)29-26(35)18-7-9-20(10-8-18)31-13-11-30(12-14-31)19-5-4-6-19/h7-10,19,21-22,24-25,33H,4-6,11-17H2,1-3H3,(H,29,35)/t21-,22+,24+,25+/m0/s1. The van der Waals surface area contributed by atoms with Crippen LogP contribution in [0.5, 0.6) is 0 Å². The summed E-state index contributed by atoms with van der Waals surface area (Å²) in [6.45, 7) is 10.0. The minimum absolute atomic E-state index is 0.0269. The second-order valence-electron chi connectivity index (χ2n) is 12.2. The fraction of sp³-hybridized carbons (Fsp3) is 0.679. The Morgan fingerprint density at radius 2 is 1.78 bits per heavy atom. The number of ether oxygens (including phenoxy) is 1. The second-order valence-corrected chi connectivity index (χ2v) is 12.2. The summed E-state index contributed by atoms with van der Waals surface area (Å²) >= 11 is 0. The van der Waals surface area contributed by atoms with Crippen molar-refractivity contribution < 1.29 is 24.2 Å². The van der Waals surface area contributed by atoms with Crippen LogP contribution in [-0.2, 0) is 14.3 Å². The number of anilines is 1. The molecule has 4 atom stereocenters. The van der Waals surface area contributed by atoms with Gasteiger partial charge < -0.3 is 25.0 Å². The molecule has 9 nitrogen and oxygen atoms in total. The smallest absolute Gasteiger partial charge is 0.251 e. The number of benzene rings is 1. The number of nitrogens with one attached hydrogen (secondary N) is 1. The lowest BCUT2D eigenvalue weighted by Gasteiger charge is -2.43. The van der Waals surface area contributed by atoms with E-state index >= 15 is 0 Å². The molecule has 0 radical (unpaired) electrons. The van der Waals surface area contributed by atoms with E-state index in [4.69, 9.17) is 4.74 Å². The number of piperazine rings is 1. The molecule has 1 aromatic carbocycles. The third-order valence-electron chi connectivity index (χ3n) is 8.26. The summed E-state index contributed by atoms with van der Waals surface area (Å²) in [5, 5.41) is 13.3. The van der Waals surface area contributed by atoms with Crippen molar-refractivity contribution >= 4 is 23.3 Å². The van der Waals surface area contributed by atoms with E-state index in [0.29, 0.717) is 12.0 Å². The Morgan fingerprint density at radius 1 is 1.11 bits per heavy atom. The van der Waals surface area contributed by atoms with Crippen LogP contribution in [0.25, 0.3) is 0 Å². The van der Waals surface area contributed by atoms with Crippen molar-refractivity contribution in [3.05, 3.63) is 29.8 Å². The van der Waals surface area contributed by atoms with Gasteiger partial charge in [-0.15, -0.1) is 0 Å². The van der Waals surface area contributed by atoms with E-state index < -0.39 is 24.3 Å². The number of aliphatic hydroxyl groups excluding tert-OH is 1. The largest absolute Gasteiger partial charge is 0.388 e. The number of Topliss-reactive ketones (excluding diaryl/α,β-unsaturated/α-hetero) is 1. The molecule has 3 aliphatic heterocycles. The predicted octanol–water partition coefficient (Wildman–Crippen LogP) is 1.44. The predicted molar refractivity (Wildman–Crippen MR) is 139 cm³/mol. The number of carbonyl (C=O) groups excluding carboxylic acids is 3. The van der Waals surface area contributed by atoms with Gasteiger partial charge in [0.1, 0.15) is 30.9 Å². The average Bonchev–Trinajstić information content (AvgIpc) is 3.37. The summed E-state index contributed by atoms with van der Waals surface area (Å²) in [7, 11) is 0. The van der Waals surface area contributed by atoms with Crippen molar-refractivity contribution in [3.8, 4) is 0 Å². The molecule has 1 aliphatic carbocycles. The molecule has 4 fully saturated rings. The Morgan fingerprint density at radius 3 is 2.38 bits per heavy atom. The van der Waals surface area contributed by atoms with Crippen molar-refractivity contribution in [1.82, 2.24) is 15.1 Å². The molecule has 0 spiro atoms. The lowest BCUT2D eigenvalue weighted by molar-refractivity contribution is -0.138. The van der Waals surface area contributed by atoms with Gasteiger partial charge in [-0.25, -0.2) is 0 Å². The Hall–Kier alpha value is -2.49. The number of nitrogens with zero attached hydrogens (tertiary/aromatic N) is 3. The van der Waals surface area contributed by atoms with Gasteiger partial charge in [-0.3, -0.25) is 19.3 Å². The van der Waals surface area contributed by atoms with Gasteiger partial charge in [0.25, 0.3) is 5.91 Å². The van der Waals surface area contributed by atoms with Gasteiger partial charge in [-0.1, -0.05) is 27.2 Å². The highest BCUT2D eigenvalue weighted by molar-refractivity contribution is 5.99. The third kappa shape index (κ3) is 5.54. The molecule has 5 rings (SSSR count). The van der Waals surface area contributed by atoms with Crippen LogP contribution >= 0.6 is 0 Å². The quantitative estimate of drug-likeness (QED) is 0.595. The van der Waals surface area contributed by atoms with Crippen LogP contribution in [0.1, 0.15) is 56.8 Å². The lowest BCUT2D eigenvalue weighted by atomic mass is 9.87. The number of amides is 2. The van der Waals surface area contributed by atoms with Gasteiger partial charge in [0, 0.05) is 43.5 Å². The second kappa shape index (κ2) is 10.3. The summed E-state index contributed by atoms with van der Waals surface area (Å²) in [6.07, 6.45) is 2.81. The van der Waals surface area contributed by atoms with Crippen LogP contribution in [-0.4, -0.2) is 102 Å². The van der Waals surface area contributed by atoms with Gasteiger partial charge in [0.15, 0.2) is 5.78 Å². The molecule has 1 aromatic rings. The number of fused-ring (bicyclic) bond motifs is 1. The summed E-state index contributed by atoms with van der Waals surface area (Å²) < 4.78 is 5.41. The van der Waals surface area contributed by atoms with E-state index in [0.717, 1.165) is 37.9 Å². The van der Waals surface area contributed by atoms with Gasteiger partial charge >= 0.3 is 0 Å². The first kappa shape index (κ1) is 26.1. The maximum Gasteiger partial charge on any atom is 0.251 e. The third-order valence-corrected chi connectivity index (χ3v) is 8.26. The van der Waals surface area contributed by atoms with E-state index in [1.165, 1.54) is 24.2 Å². The SMILES string of the molecule is CC(C)(C)C[C@H](NC(=O)c1ccc(N2CCN(C3CCC3)CC2)cc1)C(=O)N1C[C@@H](O)[C@H]2OCC(=O)[C@H]21. The molecule has 37 heavy (non-hydrogen) atoms. The molecule has 2 amide bonds. The van der Waals surface area contributed by atoms with Crippen molar-refractivity contribution in [2.75, 3.05) is 44.2 Å². The van der Waals surface area contributed by atoms with Crippen LogP contribution in [0.15, 0.2) is 24.3 Å². The van der Waals surface area contributed by atoms with Crippen LogP contribution in [0, 0.1) is 5.41 Å². The van der Waals surface area contributed by atoms with Crippen LogP contribution in [0.4, 0.5) is 5.69 Å². The minimum Gasteiger partial charge on any atom is -0.388 e. The Labute approximate surface area is 219 Å². The highest BCUT2D eigenvalue weighted by Crippen LogP contribution is 2.30. The Kier molecular flexibility index (Phi) is 7.31. The van der Waals surface area contributed by atoms with E-state index in [1.807, 2.05) is 45.0 Å². The number of hydrogen-bond donors (Lipinski definition) is 2. The molecular formula is C28H40N4O5. The number of rotatable bonds is 6. The van der Waals surface area contributed by atoms with Gasteiger partial charge in [-0.05, 0) is 48.9 Å². The molecule has 0 unspecified atom stereocenters. The van der Waals surface area contributed by atoms with Crippen molar-refractivity contribution in [1.29, 1.82) is 0 Å². The molecule has 1 saturated carbocycles. The van der Waals surface area contributed by atoms with Crippen LogP contribution in [0.3, 0.4) is 0 Å². The number of ketones is 1. The normalized spacial score (nSPS) is 27.7. The molecule has 0 aromatic heterocycles. The lowest BCUT2D eigenvalue weighted by Crippen LogP contribution is -2.53. The molecule has 0 bridgehead atoms. The Bertz CT molecular complexity index is 1010. The zero-order valence-electron chi connectivity index (χ0n) is 22.2. The number of carbonyl (C=O) groups is 3. The number of hydrogen-bond acceptors (Lipinski definition) is 7. The molecule has 2 N–H and O–H groups in total. The van der Waals surface area contributed by atoms with Crippen molar-refractivity contribution in [2.24, 2.45) is 5.41 Å². The highest BCUT2D eigenvalue weighted by Gasteiger charge is 2.53. The average molecular weight is 513 g/mol. The number of β-amino-alcohol motifs (C(OH)–C–C–N with tert-alkyl or cyclic N) is 1. The molecule has 3 saturated heterocycles. The zero-order chi connectivity index (χ0) is 26.3. The maximum atomic E-state index is 13.6. The highest BCUT2D eigenvalue weighted by atomic mass is 16.5. The van der Waals surface area contributed by atoms with Gasteiger partial charge in [0.2, 0.25) is 5.91 Å². The first-order valence-electron chi connectivity index (χ1n) is 13.6. The summed E-state index contributed by atoms with van der Waals surface area (Å²) in [5.74, 6) is -0.885. The summed E-state index contributed by atoms with van der Waals surface area (Å²) in [5.41, 5.74) is 1.35. The van der Waals surface area contributed by atoms with E-state index in [1.54, 1.807) is 0 Å². The zero-order valence-corrected chi connectivity index (χ0v) is 22.2. The Balaban J connectivity index is 1.24. The van der Waals surface area contributed by atoms with Crippen LogP contribution < -0.4 is 10.2 Å². The van der Waals surface area contributed by atoms with Gasteiger partial charge in [-0.2, -0.15) is 0 Å². The van der Waals surface area contributed by atoms with Crippen molar-refractivity contribution in [3.63, 3.8) is 0 Å². The molecule has 9 heteroatoms. The van der Waals surface area contributed by atoms with E-state index in [-0.39, 0.29) is 36.2 Å². The fourth-order valence-electron chi connectivity index (χ4n) is 6.03. The topological polar surface area (TPSA) is 102 Å². The fourth-order valence-corrected chi connectivity index (χ4v) is 6.03. The molecular weight excluding hydrogens is 472 g/mol. The monoisotopic (exact) mass is 512 g/mol. The maximum absolute atomic E-state index is 13.6. The molecule has 3 heterocycles. The van der Waals surface area contributed by atoms with E-state index in [9.17, 15) is 19.5 Å².